The molecule has 4 aliphatic rings. The maximum atomic E-state index is 12.6. The normalized spacial score (nSPS) is 33.2. The minimum absolute atomic E-state index is 0.0174. The minimum atomic E-state index is -4.73. The quantitative estimate of drug-likeness (QED) is 0.694. The monoisotopic (exact) mass is 377 g/mol. The number of ether oxygens (including phenoxy) is 3. The summed E-state index contributed by atoms with van der Waals surface area (Å²) in [5.41, 5.74) is 1.90. The number of nitriles is 1. The van der Waals surface area contributed by atoms with Crippen molar-refractivity contribution in [2.24, 2.45) is 11.8 Å². The summed E-state index contributed by atoms with van der Waals surface area (Å²) in [4.78, 5) is 0. The molecule has 4 nitrogen and oxygen atoms in total. The molecule has 27 heavy (non-hydrogen) atoms. The molecule has 1 heterocycles. The largest absolute Gasteiger partial charge is 0.573 e. The zero-order valence-electron chi connectivity index (χ0n) is 14.5. The van der Waals surface area contributed by atoms with Gasteiger partial charge in [0.25, 0.3) is 0 Å². The van der Waals surface area contributed by atoms with Crippen molar-refractivity contribution < 1.29 is 27.4 Å². The fourth-order valence-electron chi connectivity index (χ4n) is 5.63. The minimum Gasteiger partial charge on any atom is -0.406 e. The second kappa shape index (κ2) is 5.49. The third-order valence-electron chi connectivity index (χ3n) is 6.49. The van der Waals surface area contributed by atoms with E-state index < -0.39 is 17.6 Å². The molecule has 0 aromatic heterocycles. The van der Waals surface area contributed by atoms with E-state index in [2.05, 4.69) is 16.9 Å². The van der Waals surface area contributed by atoms with Gasteiger partial charge in [-0.3, -0.25) is 0 Å². The number of nitrogens with zero attached hydrogens (tertiary/aromatic N) is 1. The van der Waals surface area contributed by atoms with Crippen LogP contribution in [0.4, 0.5) is 13.2 Å². The fourth-order valence-corrected chi connectivity index (χ4v) is 5.63. The molecule has 142 valence electrons. The van der Waals surface area contributed by atoms with Gasteiger partial charge in [-0.05, 0) is 54.0 Å². The zero-order valence-corrected chi connectivity index (χ0v) is 14.5. The van der Waals surface area contributed by atoms with Gasteiger partial charge < -0.3 is 14.2 Å². The first-order chi connectivity index (χ1) is 12.9. The number of allylic oxidation sites excluding steroid dienone is 1. The van der Waals surface area contributed by atoms with Crippen molar-refractivity contribution in [3.8, 4) is 11.8 Å². The summed E-state index contributed by atoms with van der Waals surface area (Å²) in [7, 11) is 0. The molecule has 0 N–H and O–H groups in total. The van der Waals surface area contributed by atoms with Crippen molar-refractivity contribution in [1.29, 1.82) is 5.26 Å². The molecule has 1 spiro atoms. The Hall–Kier alpha value is -2.04. The molecular weight excluding hydrogens is 359 g/mol. The van der Waals surface area contributed by atoms with Crippen molar-refractivity contribution in [1.82, 2.24) is 0 Å². The maximum Gasteiger partial charge on any atom is 0.573 e. The van der Waals surface area contributed by atoms with Crippen LogP contribution in [0.2, 0.25) is 0 Å². The van der Waals surface area contributed by atoms with Gasteiger partial charge in [0.15, 0.2) is 5.79 Å². The lowest BCUT2D eigenvalue weighted by Gasteiger charge is -2.51. The maximum absolute atomic E-state index is 12.6. The van der Waals surface area contributed by atoms with Crippen LogP contribution in [-0.4, -0.2) is 25.4 Å². The van der Waals surface area contributed by atoms with Gasteiger partial charge in [-0.1, -0.05) is 12.1 Å². The lowest BCUT2D eigenvalue weighted by atomic mass is 9.53. The Balaban J connectivity index is 1.58. The van der Waals surface area contributed by atoms with Crippen molar-refractivity contribution in [2.45, 2.75) is 43.2 Å². The molecule has 3 atom stereocenters. The smallest absolute Gasteiger partial charge is 0.406 e. The Kier molecular flexibility index (Phi) is 3.47. The number of halogens is 3. The van der Waals surface area contributed by atoms with Gasteiger partial charge in [0, 0.05) is 12.3 Å². The van der Waals surface area contributed by atoms with E-state index in [-0.39, 0.29) is 17.6 Å². The predicted octanol–water partition coefficient (Wildman–Crippen LogP) is 4.00. The van der Waals surface area contributed by atoms with Crippen LogP contribution in [0.25, 0.3) is 0 Å². The van der Waals surface area contributed by atoms with E-state index in [1.165, 1.54) is 12.1 Å². The number of benzene rings is 1. The summed E-state index contributed by atoms with van der Waals surface area (Å²) >= 11 is 0. The van der Waals surface area contributed by atoms with E-state index in [0.717, 1.165) is 23.1 Å². The number of hydrogen-bond donors (Lipinski definition) is 0. The highest BCUT2D eigenvalue weighted by molar-refractivity contribution is 5.52. The summed E-state index contributed by atoms with van der Waals surface area (Å²) in [6, 6.07) is 6.94. The highest BCUT2D eigenvalue weighted by Crippen LogP contribution is 2.61. The molecule has 0 amide bonds. The van der Waals surface area contributed by atoms with E-state index >= 15 is 0 Å². The Labute approximate surface area is 154 Å². The van der Waals surface area contributed by atoms with E-state index in [1.807, 2.05) is 0 Å². The second-order valence-electron chi connectivity index (χ2n) is 7.74. The Morgan fingerprint density at radius 1 is 1.19 bits per heavy atom. The van der Waals surface area contributed by atoms with Crippen LogP contribution >= 0.6 is 0 Å². The molecule has 2 fully saturated rings. The van der Waals surface area contributed by atoms with Gasteiger partial charge in [0.2, 0.25) is 0 Å². The van der Waals surface area contributed by atoms with Crippen LogP contribution in [0.1, 0.15) is 30.4 Å². The molecular formula is C20H18F3NO3. The molecule has 3 aliphatic carbocycles. The van der Waals surface area contributed by atoms with Gasteiger partial charge >= 0.3 is 6.36 Å². The van der Waals surface area contributed by atoms with E-state index in [0.29, 0.717) is 32.5 Å². The van der Waals surface area contributed by atoms with Crippen LogP contribution in [-0.2, 0) is 21.3 Å². The fraction of sp³-hybridized carbons (Fsp3) is 0.550. The molecule has 5 rings (SSSR count). The molecule has 0 radical (unpaired) electrons. The number of hydrogen-bond acceptors (Lipinski definition) is 4. The highest BCUT2D eigenvalue weighted by Gasteiger charge is 2.62. The standard InChI is InChI=1S/C20H18F3NO3/c21-20(22,23)27-14-2-4-15-13(10-14)9-12-1-3-16-17(12)18(15,11-24)5-6-19(16)25-7-8-26-19/h2-4,10,12,17H,1,5-9H2/t12-,17+,18-/m1/s1. The lowest BCUT2D eigenvalue weighted by Crippen LogP contribution is -2.53. The van der Waals surface area contributed by atoms with E-state index in [4.69, 9.17) is 9.47 Å². The van der Waals surface area contributed by atoms with Crippen molar-refractivity contribution in [3.05, 3.63) is 41.0 Å². The average Bonchev–Trinajstić information content (AvgIpc) is 3.25. The lowest BCUT2D eigenvalue weighted by molar-refractivity contribution is -0.274. The predicted molar refractivity (Wildman–Crippen MR) is 87.7 cm³/mol. The highest BCUT2D eigenvalue weighted by atomic mass is 19.4. The van der Waals surface area contributed by atoms with Crippen LogP contribution in [0, 0.1) is 23.2 Å². The number of rotatable bonds is 1. The Bertz CT molecular complexity index is 866. The topological polar surface area (TPSA) is 51.5 Å². The summed E-state index contributed by atoms with van der Waals surface area (Å²) in [5.74, 6) is -0.792. The molecule has 0 unspecified atom stereocenters. The first-order valence-electron chi connectivity index (χ1n) is 9.16. The molecule has 1 aromatic rings. The van der Waals surface area contributed by atoms with E-state index in [1.54, 1.807) is 6.07 Å². The summed E-state index contributed by atoms with van der Waals surface area (Å²) in [5, 5.41) is 10.2. The number of alkyl halides is 3. The van der Waals surface area contributed by atoms with Gasteiger partial charge in [0.1, 0.15) is 5.75 Å². The first kappa shape index (κ1) is 17.1. The van der Waals surface area contributed by atoms with Crippen molar-refractivity contribution in [2.75, 3.05) is 13.2 Å². The van der Waals surface area contributed by atoms with Gasteiger partial charge in [-0.25, -0.2) is 0 Å². The number of fused-ring (bicyclic) bond motifs is 3. The molecule has 7 heteroatoms. The molecule has 1 aliphatic heterocycles. The third kappa shape index (κ3) is 2.36. The molecule has 1 aromatic carbocycles. The molecule has 1 saturated heterocycles. The summed E-state index contributed by atoms with van der Waals surface area (Å²) < 4.78 is 53.8. The second-order valence-corrected chi connectivity index (χ2v) is 7.74. The van der Waals surface area contributed by atoms with Crippen molar-refractivity contribution >= 4 is 0 Å². The van der Waals surface area contributed by atoms with Gasteiger partial charge in [-0.15, -0.1) is 13.2 Å². The Morgan fingerprint density at radius 2 is 1.96 bits per heavy atom. The molecule has 0 bridgehead atoms. The van der Waals surface area contributed by atoms with Crippen LogP contribution in [0.5, 0.6) is 5.75 Å². The van der Waals surface area contributed by atoms with E-state index in [9.17, 15) is 18.4 Å². The summed E-state index contributed by atoms with van der Waals surface area (Å²) in [6.45, 7) is 1.09. The van der Waals surface area contributed by atoms with Crippen molar-refractivity contribution in [3.63, 3.8) is 0 Å². The third-order valence-corrected chi connectivity index (χ3v) is 6.49. The first-order valence-corrected chi connectivity index (χ1v) is 9.16. The van der Waals surface area contributed by atoms with Crippen LogP contribution in [0.3, 0.4) is 0 Å². The summed E-state index contributed by atoms with van der Waals surface area (Å²) in [6.07, 6.45) is -0.0552. The van der Waals surface area contributed by atoms with Crippen LogP contribution < -0.4 is 4.74 Å². The van der Waals surface area contributed by atoms with Gasteiger partial charge in [-0.2, -0.15) is 5.26 Å². The molecule has 1 saturated carbocycles. The van der Waals surface area contributed by atoms with Crippen LogP contribution in [0.15, 0.2) is 29.8 Å². The Morgan fingerprint density at radius 3 is 2.67 bits per heavy atom. The SMILES string of the molecule is N#C[C@]12CCC3(OCCO3)C3=CC[C@H](Cc4cc(OC(F)(F)F)ccc41)[C@@H]32. The van der Waals surface area contributed by atoms with Gasteiger partial charge in [0.05, 0.1) is 24.7 Å². The zero-order chi connectivity index (χ0) is 18.9. The average molecular weight is 377 g/mol.